The van der Waals surface area contributed by atoms with Gasteiger partial charge in [-0.25, -0.2) is 0 Å². The van der Waals surface area contributed by atoms with Gasteiger partial charge in [0.05, 0.1) is 11.8 Å². The SMILES string of the molecule is N/C(=N/O)c1ccnnc1N1CCCC(CO)C1. The van der Waals surface area contributed by atoms with Gasteiger partial charge in [-0.1, -0.05) is 5.16 Å². The highest BCUT2D eigenvalue weighted by Crippen LogP contribution is 2.23. The summed E-state index contributed by atoms with van der Waals surface area (Å²) in [4.78, 5) is 2.02. The maximum absolute atomic E-state index is 9.23. The molecule has 1 fully saturated rings. The summed E-state index contributed by atoms with van der Waals surface area (Å²) in [7, 11) is 0. The second-order valence-corrected chi connectivity index (χ2v) is 4.39. The number of nitrogens with zero attached hydrogens (tertiary/aromatic N) is 4. The Labute approximate surface area is 105 Å². The van der Waals surface area contributed by atoms with Gasteiger partial charge in [0, 0.05) is 19.7 Å². The van der Waals surface area contributed by atoms with Gasteiger partial charge < -0.3 is 20.9 Å². The normalized spacial score (nSPS) is 21.1. The summed E-state index contributed by atoms with van der Waals surface area (Å²) >= 11 is 0. The van der Waals surface area contributed by atoms with Crippen LogP contribution in [0.3, 0.4) is 0 Å². The first-order valence-corrected chi connectivity index (χ1v) is 5.91. The Morgan fingerprint density at radius 2 is 2.44 bits per heavy atom. The molecule has 1 aliphatic heterocycles. The number of aromatic nitrogens is 2. The molecular formula is C11H17N5O2. The van der Waals surface area contributed by atoms with E-state index in [1.54, 1.807) is 6.07 Å². The van der Waals surface area contributed by atoms with Crippen LogP contribution in [-0.4, -0.2) is 46.0 Å². The number of nitrogens with two attached hydrogens (primary N) is 1. The number of piperidine rings is 1. The molecule has 98 valence electrons. The Morgan fingerprint density at radius 1 is 1.61 bits per heavy atom. The molecule has 0 radical (unpaired) electrons. The second-order valence-electron chi connectivity index (χ2n) is 4.39. The molecule has 0 bridgehead atoms. The Bertz CT molecular complexity index is 437. The van der Waals surface area contributed by atoms with Gasteiger partial charge in [-0.15, -0.1) is 5.10 Å². The average Bonchev–Trinajstić information content (AvgIpc) is 2.46. The lowest BCUT2D eigenvalue weighted by molar-refractivity contribution is 0.208. The number of aliphatic hydroxyl groups excluding tert-OH is 1. The first-order valence-electron chi connectivity index (χ1n) is 5.91. The van der Waals surface area contributed by atoms with Gasteiger partial charge in [-0.05, 0) is 24.8 Å². The maximum atomic E-state index is 9.23. The highest BCUT2D eigenvalue weighted by molar-refractivity contribution is 6.01. The zero-order valence-corrected chi connectivity index (χ0v) is 10.0. The summed E-state index contributed by atoms with van der Waals surface area (Å²) in [5.74, 6) is 0.859. The lowest BCUT2D eigenvalue weighted by atomic mass is 9.98. The van der Waals surface area contributed by atoms with E-state index < -0.39 is 0 Å². The van der Waals surface area contributed by atoms with Crippen LogP contribution in [-0.2, 0) is 0 Å². The van der Waals surface area contributed by atoms with Crippen molar-refractivity contribution in [3.8, 4) is 0 Å². The zero-order valence-electron chi connectivity index (χ0n) is 10.0. The van der Waals surface area contributed by atoms with Crippen LogP contribution in [0.1, 0.15) is 18.4 Å². The van der Waals surface area contributed by atoms with Gasteiger partial charge >= 0.3 is 0 Å². The van der Waals surface area contributed by atoms with E-state index in [1.165, 1.54) is 6.20 Å². The van der Waals surface area contributed by atoms with Crippen molar-refractivity contribution in [2.24, 2.45) is 16.8 Å². The molecule has 1 unspecified atom stereocenters. The Kier molecular flexibility index (Phi) is 3.93. The number of anilines is 1. The Hall–Kier alpha value is -1.89. The van der Waals surface area contributed by atoms with Crippen molar-refractivity contribution in [3.05, 3.63) is 17.8 Å². The van der Waals surface area contributed by atoms with Crippen LogP contribution in [0, 0.1) is 5.92 Å². The van der Waals surface area contributed by atoms with Gasteiger partial charge in [0.2, 0.25) is 0 Å². The highest BCUT2D eigenvalue weighted by Gasteiger charge is 2.23. The Balaban J connectivity index is 2.27. The van der Waals surface area contributed by atoms with Crippen LogP contribution in [0.5, 0.6) is 0 Å². The van der Waals surface area contributed by atoms with Gasteiger partial charge in [0.25, 0.3) is 0 Å². The van der Waals surface area contributed by atoms with E-state index in [4.69, 9.17) is 10.9 Å². The van der Waals surface area contributed by atoms with Crippen molar-refractivity contribution < 1.29 is 10.3 Å². The van der Waals surface area contributed by atoms with Crippen molar-refractivity contribution in [1.29, 1.82) is 0 Å². The highest BCUT2D eigenvalue weighted by atomic mass is 16.4. The lowest BCUT2D eigenvalue weighted by Gasteiger charge is -2.33. The van der Waals surface area contributed by atoms with Gasteiger partial charge in [-0.3, -0.25) is 0 Å². The summed E-state index contributed by atoms with van der Waals surface area (Å²) in [6.07, 6.45) is 3.49. The fraction of sp³-hybridized carbons (Fsp3) is 0.545. The van der Waals surface area contributed by atoms with Crippen molar-refractivity contribution in [3.63, 3.8) is 0 Å². The predicted molar refractivity (Wildman–Crippen MR) is 66.6 cm³/mol. The number of hydrogen-bond donors (Lipinski definition) is 3. The van der Waals surface area contributed by atoms with Crippen LogP contribution >= 0.6 is 0 Å². The fourth-order valence-corrected chi connectivity index (χ4v) is 2.22. The molecule has 0 saturated carbocycles. The number of rotatable bonds is 3. The molecule has 2 heterocycles. The second kappa shape index (κ2) is 5.63. The molecule has 4 N–H and O–H groups in total. The third-order valence-corrected chi connectivity index (χ3v) is 3.16. The largest absolute Gasteiger partial charge is 0.409 e. The predicted octanol–water partition coefficient (Wildman–Crippen LogP) is -0.220. The monoisotopic (exact) mass is 251 g/mol. The van der Waals surface area contributed by atoms with Crippen LogP contribution < -0.4 is 10.6 Å². The van der Waals surface area contributed by atoms with E-state index in [1.807, 2.05) is 4.90 Å². The number of hydrogen-bond acceptors (Lipinski definition) is 6. The first kappa shape index (κ1) is 12.6. The molecule has 1 aliphatic rings. The number of oxime groups is 1. The van der Waals surface area contributed by atoms with Gasteiger partial charge in [0.1, 0.15) is 0 Å². The summed E-state index contributed by atoms with van der Waals surface area (Å²) < 4.78 is 0. The van der Waals surface area contributed by atoms with Gasteiger partial charge in [0.15, 0.2) is 11.7 Å². The third kappa shape index (κ3) is 2.51. The molecule has 0 spiro atoms. The van der Waals surface area contributed by atoms with E-state index in [-0.39, 0.29) is 18.4 Å². The minimum atomic E-state index is 0.0195. The van der Waals surface area contributed by atoms with Crippen molar-refractivity contribution in [1.82, 2.24) is 10.2 Å². The molecule has 1 aromatic rings. The molecular weight excluding hydrogens is 234 g/mol. The molecule has 0 aromatic carbocycles. The summed E-state index contributed by atoms with van der Waals surface area (Å²) in [6.45, 7) is 1.71. The molecule has 7 nitrogen and oxygen atoms in total. The van der Waals surface area contributed by atoms with Crippen molar-refractivity contribution in [2.45, 2.75) is 12.8 Å². The number of amidine groups is 1. The molecule has 1 saturated heterocycles. The maximum Gasteiger partial charge on any atom is 0.173 e. The average molecular weight is 251 g/mol. The van der Waals surface area contributed by atoms with Crippen LogP contribution in [0.2, 0.25) is 0 Å². The van der Waals surface area contributed by atoms with E-state index in [2.05, 4.69) is 15.4 Å². The fourth-order valence-electron chi connectivity index (χ4n) is 2.22. The summed E-state index contributed by atoms with van der Waals surface area (Å²) in [5, 5.41) is 28.9. The zero-order chi connectivity index (χ0) is 13.0. The van der Waals surface area contributed by atoms with E-state index in [9.17, 15) is 5.11 Å². The molecule has 1 aromatic heterocycles. The summed E-state index contributed by atoms with van der Waals surface area (Å²) in [6, 6.07) is 1.67. The summed E-state index contributed by atoms with van der Waals surface area (Å²) in [5.41, 5.74) is 6.19. The quantitative estimate of drug-likeness (QED) is 0.297. The van der Waals surface area contributed by atoms with Crippen molar-refractivity contribution in [2.75, 3.05) is 24.6 Å². The molecule has 7 heteroatoms. The third-order valence-electron chi connectivity index (χ3n) is 3.16. The lowest BCUT2D eigenvalue weighted by Crippen LogP contribution is -2.38. The first-order chi connectivity index (χ1) is 8.76. The van der Waals surface area contributed by atoms with E-state index in [0.29, 0.717) is 17.9 Å². The smallest absolute Gasteiger partial charge is 0.173 e. The Morgan fingerprint density at radius 3 is 3.17 bits per heavy atom. The minimum absolute atomic E-state index is 0.0195. The van der Waals surface area contributed by atoms with Crippen LogP contribution in [0.15, 0.2) is 17.4 Å². The molecule has 2 rings (SSSR count). The standard InChI is InChI=1S/C11H17N5O2/c12-10(15-18)9-3-4-13-14-11(9)16-5-1-2-8(6-16)7-17/h3-4,8,17-18H,1-2,5-7H2,(H2,12,15). The molecule has 18 heavy (non-hydrogen) atoms. The van der Waals surface area contributed by atoms with Crippen LogP contribution in [0.25, 0.3) is 0 Å². The molecule has 0 amide bonds. The van der Waals surface area contributed by atoms with Crippen LogP contribution in [0.4, 0.5) is 5.82 Å². The molecule has 1 atom stereocenters. The van der Waals surface area contributed by atoms with E-state index >= 15 is 0 Å². The van der Waals surface area contributed by atoms with Gasteiger partial charge in [-0.2, -0.15) is 5.10 Å². The molecule has 0 aliphatic carbocycles. The van der Waals surface area contributed by atoms with E-state index in [0.717, 1.165) is 19.4 Å². The van der Waals surface area contributed by atoms with Crippen molar-refractivity contribution >= 4 is 11.7 Å². The minimum Gasteiger partial charge on any atom is -0.409 e. The number of aliphatic hydroxyl groups is 1. The topological polar surface area (TPSA) is 108 Å².